The van der Waals surface area contributed by atoms with E-state index in [2.05, 4.69) is 42.4 Å². The third-order valence-electron chi connectivity index (χ3n) is 8.59. The Kier molecular flexibility index (Phi) is 9.54. The quantitative estimate of drug-likeness (QED) is 0.323. The Labute approximate surface area is 250 Å². The molecule has 0 bridgehead atoms. The predicted octanol–water partition coefficient (Wildman–Crippen LogP) is 8.48. The molecule has 0 aromatic heterocycles. The van der Waals surface area contributed by atoms with Crippen molar-refractivity contribution in [2.45, 2.75) is 63.6 Å². The molecular formula is C36H42ClNO3. The molecular weight excluding hydrogens is 530 g/mol. The van der Waals surface area contributed by atoms with E-state index in [4.69, 9.17) is 21.1 Å². The Morgan fingerprint density at radius 2 is 1.85 bits per heavy atom. The summed E-state index contributed by atoms with van der Waals surface area (Å²) in [5.41, 5.74) is 5.37. The Morgan fingerprint density at radius 3 is 2.56 bits per heavy atom. The van der Waals surface area contributed by atoms with Crippen LogP contribution >= 0.6 is 11.6 Å². The van der Waals surface area contributed by atoms with Gasteiger partial charge in [-0.3, -0.25) is 0 Å². The van der Waals surface area contributed by atoms with Gasteiger partial charge in [-0.1, -0.05) is 61.2 Å². The number of allylic oxidation sites excluding steroid dienone is 4. The van der Waals surface area contributed by atoms with Crippen molar-refractivity contribution in [3.8, 4) is 5.75 Å². The first kappa shape index (κ1) is 29.4. The number of benzene rings is 2. The number of rotatable bonds is 8. The summed E-state index contributed by atoms with van der Waals surface area (Å²) in [6, 6.07) is 13.9. The van der Waals surface area contributed by atoms with Crippen LogP contribution in [-0.2, 0) is 10.3 Å². The molecule has 0 radical (unpaired) electrons. The van der Waals surface area contributed by atoms with E-state index < -0.39 is 5.60 Å². The van der Waals surface area contributed by atoms with Crippen LogP contribution in [0, 0.1) is 0 Å². The lowest BCUT2D eigenvalue weighted by Gasteiger charge is -2.38. The molecule has 2 aromatic carbocycles. The lowest BCUT2D eigenvalue weighted by molar-refractivity contribution is -0.0254. The molecule has 0 atom stereocenters. The van der Waals surface area contributed by atoms with Crippen molar-refractivity contribution in [3.05, 3.63) is 113 Å². The second-order valence-corrected chi connectivity index (χ2v) is 11.9. The molecule has 2 heterocycles. The van der Waals surface area contributed by atoms with Gasteiger partial charge in [0.2, 0.25) is 0 Å². The maximum Gasteiger partial charge on any atom is 0.127 e. The van der Waals surface area contributed by atoms with Crippen LogP contribution in [0.2, 0.25) is 5.02 Å². The van der Waals surface area contributed by atoms with E-state index in [1.807, 2.05) is 49.4 Å². The molecule has 0 unspecified atom stereocenters. The molecule has 41 heavy (non-hydrogen) atoms. The molecule has 2 fully saturated rings. The summed E-state index contributed by atoms with van der Waals surface area (Å²) in [7, 11) is 0. The number of hydrogen-bond donors (Lipinski definition) is 1. The Bertz CT molecular complexity index is 1340. The van der Waals surface area contributed by atoms with Gasteiger partial charge in [-0.2, -0.15) is 0 Å². The van der Waals surface area contributed by atoms with Gasteiger partial charge in [0.15, 0.2) is 0 Å². The number of ether oxygens (including phenoxy) is 2. The fraction of sp³-hybridized carbons (Fsp3) is 0.389. The molecule has 1 saturated heterocycles. The first-order chi connectivity index (χ1) is 19.9. The lowest BCUT2D eigenvalue weighted by atomic mass is 9.84. The fourth-order valence-electron chi connectivity index (χ4n) is 6.10. The van der Waals surface area contributed by atoms with E-state index in [-0.39, 0.29) is 6.10 Å². The zero-order valence-corrected chi connectivity index (χ0v) is 25.0. The largest absolute Gasteiger partial charge is 0.490 e. The summed E-state index contributed by atoms with van der Waals surface area (Å²) in [6.07, 6.45) is 15.7. The highest BCUT2D eigenvalue weighted by molar-refractivity contribution is 6.30. The molecule has 5 heteroatoms. The minimum absolute atomic E-state index is 0.263. The van der Waals surface area contributed by atoms with Crippen molar-refractivity contribution in [3.63, 3.8) is 0 Å². The van der Waals surface area contributed by atoms with Crippen molar-refractivity contribution in [1.82, 2.24) is 4.90 Å². The van der Waals surface area contributed by atoms with Crippen LogP contribution in [-0.4, -0.2) is 42.4 Å². The summed E-state index contributed by atoms with van der Waals surface area (Å²) < 4.78 is 12.5. The van der Waals surface area contributed by atoms with E-state index in [9.17, 15) is 5.11 Å². The summed E-state index contributed by atoms with van der Waals surface area (Å²) in [5.74, 6) is 1.58. The van der Waals surface area contributed by atoms with E-state index in [1.165, 1.54) is 12.8 Å². The summed E-state index contributed by atoms with van der Waals surface area (Å²) >= 11 is 6.06. The van der Waals surface area contributed by atoms with Crippen LogP contribution in [0.4, 0.5) is 0 Å². The predicted molar refractivity (Wildman–Crippen MR) is 170 cm³/mol. The van der Waals surface area contributed by atoms with Gasteiger partial charge >= 0.3 is 0 Å². The topological polar surface area (TPSA) is 41.9 Å². The van der Waals surface area contributed by atoms with Crippen LogP contribution in [0.1, 0.15) is 68.6 Å². The van der Waals surface area contributed by atoms with Crippen molar-refractivity contribution in [2.75, 3.05) is 26.2 Å². The summed E-state index contributed by atoms with van der Waals surface area (Å²) in [4.78, 5) is 2.44. The SMILES string of the molecule is C=C1COc2ccc(C(=C)OC3CCCC3)cc2C(=C/CCN2CCC(O)(c3ccc(Cl)cc3)CC2)/C1=C/C=C\C. The highest BCUT2D eigenvalue weighted by Gasteiger charge is 2.33. The zero-order chi connectivity index (χ0) is 28.8. The molecule has 216 valence electrons. The van der Waals surface area contributed by atoms with Gasteiger partial charge in [-0.05, 0) is 104 Å². The first-order valence-corrected chi connectivity index (χ1v) is 15.3. The first-order valence-electron chi connectivity index (χ1n) is 14.9. The van der Waals surface area contributed by atoms with Crippen molar-refractivity contribution in [2.24, 2.45) is 0 Å². The molecule has 1 saturated carbocycles. The van der Waals surface area contributed by atoms with Crippen LogP contribution in [0.15, 0.2) is 91.1 Å². The number of aliphatic hydroxyl groups is 1. The van der Waals surface area contributed by atoms with E-state index in [1.54, 1.807) is 0 Å². The second kappa shape index (κ2) is 13.3. The molecule has 1 N–H and O–H groups in total. The Balaban J connectivity index is 1.34. The number of likely N-dealkylation sites (tertiary alicyclic amines) is 1. The van der Waals surface area contributed by atoms with Gasteiger partial charge in [0.25, 0.3) is 0 Å². The standard InChI is InChI=1S/C36H42ClNO3/c1-4-5-11-32-26(2)25-40-35-18-13-28(27(3)41-31-9-6-7-10-31)24-34(35)33(32)12-8-21-38-22-19-36(39,20-23-38)29-14-16-30(37)17-15-29/h4-5,11-18,24,31,39H,2-3,6-10,19-23,25H2,1H3/b5-4-,32-11+,33-12+. The van der Waals surface area contributed by atoms with Gasteiger partial charge < -0.3 is 19.5 Å². The van der Waals surface area contributed by atoms with Gasteiger partial charge in [-0.15, -0.1) is 0 Å². The molecule has 4 nitrogen and oxygen atoms in total. The van der Waals surface area contributed by atoms with Crippen molar-refractivity contribution in [1.29, 1.82) is 0 Å². The Morgan fingerprint density at radius 1 is 1.12 bits per heavy atom. The molecule has 3 aliphatic rings. The van der Waals surface area contributed by atoms with Crippen LogP contribution in [0.25, 0.3) is 11.3 Å². The average Bonchev–Trinajstić information content (AvgIpc) is 3.45. The third-order valence-corrected chi connectivity index (χ3v) is 8.84. The van der Waals surface area contributed by atoms with Gasteiger partial charge in [-0.25, -0.2) is 0 Å². The minimum atomic E-state index is -0.795. The molecule has 5 rings (SSSR count). The van der Waals surface area contributed by atoms with Gasteiger partial charge in [0, 0.05) is 35.8 Å². The van der Waals surface area contributed by atoms with E-state index in [0.29, 0.717) is 24.5 Å². The van der Waals surface area contributed by atoms with Crippen molar-refractivity contribution < 1.29 is 14.6 Å². The summed E-state index contributed by atoms with van der Waals surface area (Å²) in [6.45, 7) is 13.7. The number of halogens is 1. The van der Waals surface area contributed by atoms with E-state index >= 15 is 0 Å². The maximum atomic E-state index is 11.3. The monoisotopic (exact) mass is 571 g/mol. The number of fused-ring (bicyclic) bond motifs is 1. The van der Waals surface area contributed by atoms with Crippen LogP contribution in [0.5, 0.6) is 5.75 Å². The van der Waals surface area contributed by atoms with Gasteiger partial charge in [0.05, 0.1) is 11.7 Å². The highest BCUT2D eigenvalue weighted by Crippen LogP contribution is 2.40. The smallest absolute Gasteiger partial charge is 0.127 e. The molecule has 1 aliphatic carbocycles. The minimum Gasteiger partial charge on any atom is -0.490 e. The maximum absolute atomic E-state index is 11.3. The number of nitrogens with zero attached hydrogens (tertiary/aromatic N) is 1. The third kappa shape index (κ3) is 7.06. The zero-order valence-electron chi connectivity index (χ0n) is 24.2. The van der Waals surface area contributed by atoms with Crippen LogP contribution in [0.3, 0.4) is 0 Å². The Hall–Kier alpha value is -3.05. The van der Waals surface area contributed by atoms with Crippen molar-refractivity contribution >= 4 is 22.9 Å². The lowest BCUT2D eigenvalue weighted by Crippen LogP contribution is -2.42. The fourth-order valence-corrected chi connectivity index (χ4v) is 6.23. The number of piperidine rings is 1. The van der Waals surface area contributed by atoms with Crippen LogP contribution < -0.4 is 4.74 Å². The molecule has 2 aromatic rings. The average molecular weight is 572 g/mol. The molecule has 2 aliphatic heterocycles. The molecule has 0 amide bonds. The number of hydrogen-bond acceptors (Lipinski definition) is 4. The summed E-state index contributed by atoms with van der Waals surface area (Å²) in [5, 5.41) is 12.0. The highest BCUT2D eigenvalue weighted by atomic mass is 35.5. The van der Waals surface area contributed by atoms with E-state index in [0.717, 1.165) is 83.8 Å². The second-order valence-electron chi connectivity index (χ2n) is 11.4. The normalized spacial score (nSPS) is 21.7. The molecule has 0 spiro atoms. The van der Waals surface area contributed by atoms with Gasteiger partial charge in [0.1, 0.15) is 18.1 Å².